The molecule has 31 heavy (non-hydrogen) atoms. The maximum absolute atomic E-state index is 12.2. The van der Waals surface area contributed by atoms with Crippen LogP contribution < -0.4 is 0 Å². The third-order valence-corrected chi connectivity index (χ3v) is 5.93. The maximum Gasteiger partial charge on any atom is 0.338 e. The Bertz CT molecular complexity index is 1260. The summed E-state index contributed by atoms with van der Waals surface area (Å²) in [6.07, 6.45) is 0. The second kappa shape index (κ2) is 9.50. The number of imidazole rings is 1. The van der Waals surface area contributed by atoms with Crippen LogP contribution in [0.3, 0.4) is 0 Å². The van der Waals surface area contributed by atoms with Crippen LogP contribution >= 0.6 is 11.8 Å². The molecule has 0 aliphatic carbocycles. The molecule has 0 saturated heterocycles. The van der Waals surface area contributed by atoms with Gasteiger partial charge in [-0.3, -0.25) is 0 Å². The Kier molecular flexibility index (Phi) is 6.34. The fourth-order valence-electron chi connectivity index (χ4n) is 3.38. The summed E-state index contributed by atoms with van der Waals surface area (Å²) < 4.78 is 7.28. The van der Waals surface area contributed by atoms with Crippen molar-refractivity contribution in [3.8, 4) is 6.07 Å². The van der Waals surface area contributed by atoms with E-state index in [2.05, 4.69) is 22.8 Å². The molecule has 0 fully saturated rings. The second-order valence-electron chi connectivity index (χ2n) is 6.95. The molecule has 0 saturated carbocycles. The number of hydrogen-bond donors (Lipinski definition) is 0. The molecule has 4 rings (SSSR count). The molecule has 3 aromatic carbocycles. The first-order valence-electron chi connectivity index (χ1n) is 10.0. The summed E-state index contributed by atoms with van der Waals surface area (Å²) in [7, 11) is 0. The van der Waals surface area contributed by atoms with Gasteiger partial charge in [0.25, 0.3) is 0 Å². The second-order valence-corrected chi connectivity index (χ2v) is 7.89. The normalized spacial score (nSPS) is 10.7. The zero-order valence-electron chi connectivity index (χ0n) is 17.1. The van der Waals surface area contributed by atoms with E-state index in [0.29, 0.717) is 30.0 Å². The Labute approximate surface area is 185 Å². The summed E-state index contributed by atoms with van der Waals surface area (Å²) in [5, 5.41) is 10.2. The molecule has 5 nitrogen and oxygen atoms in total. The number of aromatic nitrogens is 2. The minimum atomic E-state index is -0.348. The zero-order chi connectivity index (χ0) is 21.6. The van der Waals surface area contributed by atoms with E-state index < -0.39 is 0 Å². The number of benzene rings is 3. The molecule has 6 heteroatoms. The number of thioether (sulfide) groups is 1. The Morgan fingerprint density at radius 1 is 1.10 bits per heavy atom. The molecule has 0 amide bonds. The highest BCUT2D eigenvalue weighted by atomic mass is 32.2. The lowest BCUT2D eigenvalue weighted by atomic mass is 10.1. The minimum Gasteiger partial charge on any atom is -0.462 e. The van der Waals surface area contributed by atoms with Crippen LogP contribution in [0.25, 0.3) is 11.0 Å². The molecule has 0 aliphatic heterocycles. The average molecular weight is 428 g/mol. The number of esters is 1. The van der Waals surface area contributed by atoms with Crippen LogP contribution in [-0.4, -0.2) is 22.1 Å². The lowest BCUT2D eigenvalue weighted by Gasteiger charge is -2.10. The van der Waals surface area contributed by atoms with Gasteiger partial charge >= 0.3 is 5.97 Å². The van der Waals surface area contributed by atoms with E-state index in [9.17, 15) is 10.1 Å². The van der Waals surface area contributed by atoms with Gasteiger partial charge in [0.1, 0.15) is 0 Å². The summed E-state index contributed by atoms with van der Waals surface area (Å²) in [6, 6.07) is 25.5. The molecule has 154 valence electrons. The number of carbonyl (C=O) groups excluding carboxylic acids is 1. The van der Waals surface area contributed by atoms with Crippen molar-refractivity contribution in [1.29, 1.82) is 5.26 Å². The van der Waals surface area contributed by atoms with Gasteiger partial charge in [-0.15, -0.1) is 0 Å². The van der Waals surface area contributed by atoms with Gasteiger partial charge in [0.2, 0.25) is 0 Å². The van der Waals surface area contributed by atoms with E-state index in [1.54, 1.807) is 30.8 Å². The van der Waals surface area contributed by atoms with E-state index in [1.807, 2.05) is 48.5 Å². The van der Waals surface area contributed by atoms with E-state index in [-0.39, 0.29) is 5.97 Å². The van der Waals surface area contributed by atoms with Gasteiger partial charge in [0.15, 0.2) is 5.16 Å². The first-order valence-corrected chi connectivity index (χ1v) is 11.0. The van der Waals surface area contributed by atoms with Gasteiger partial charge in [-0.1, -0.05) is 60.3 Å². The summed E-state index contributed by atoms with van der Waals surface area (Å²) >= 11 is 1.58. The molecule has 0 unspecified atom stereocenters. The van der Waals surface area contributed by atoms with Gasteiger partial charge in [-0.05, 0) is 42.3 Å². The third-order valence-electron chi connectivity index (χ3n) is 4.90. The van der Waals surface area contributed by atoms with Crippen molar-refractivity contribution in [2.45, 2.75) is 24.4 Å². The van der Waals surface area contributed by atoms with Crippen molar-refractivity contribution in [1.82, 2.24) is 9.55 Å². The standard InChI is InChI=1S/C25H21N3O2S/c1-2-30-24(29)19-12-13-23-22(14-19)27-25(28(23)16-18-8-4-3-5-9-18)31-17-21-11-7-6-10-20(21)15-26/h3-14H,2,16-17H2,1H3. The number of nitrogens with zero attached hydrogens (tertiary/aromatic N) is 3. The minimum absolute atomic E-state index is 0.332. The van der Waals surface area contributed by atoms with E-state index in [1.165, 1.54) is 0 Å². The van der Waals surface area contributed by atoms with Crippen LogP contribution in [-0.2, 0) is 17.0 Å². The van der Waals surface area contributed by atoms with Crippen LogP contribution in [0.15, 0.2) is 78.0 Å². The Hall–Kier alpha value is -3.56. The summed E-state index contributed by atoms with van der Waals surface area (Å²) in [6.45, 7) is 2.79. The molecule has 0 atom stereocenters. The Morgan fingerprint density at radius 2 is 1.87 bits per heavy atom. The number of rotatable bonds is 7. The van der Waals surface area contributed by atoms with Crippen LogP contribution in [0.2, 0.25) is 0 Å². The highest BCUT2D eigenvalue weighted by Gasteiger charge is 2.16. The number of fused-ring (bicyclic) bond motifs is 1. The van der Waals surface area contributed by atoms with Crippen LogP contribution in [0.4, 0.5) is 0 Å². The number of nitriles is 1. The van der Waals surface area contributed by atoms with E-state index in [4.69, 9.17) is 9.72 Å². The van der Waals surface area contributed by atoms with Gasteiger partial charge in [-0.2, -0.15) is 5.26 Å². The summed E-state index contributed by atoms with van der Waals surface area (Å²) in [4.78, 5) is 17.0. The summed E-state index contributed by atoms with van der Waals surface area (Å²) in [5.41, 5.74) is 5.00. The van der Waals surface area contributed by atoms with Crippen molar-refractivity contribution in [2.24, 2.45) is 0 Å². The molecule has 0 aliphatic rings. The smallest absolute Gasteiger partial charge is 0.338 e. The zero-order valence-corrected chi connectivity index (χ0v) is 17.9. The highest BCUT2D eigenvalue weighted by molar-refractivity contribution is 7.98. The SMILES string of the molecule is CCOC(=O)c1ccc2c(c1)nc(SCc1ccccc1C#N)n2Cc1ccccc1. The molecule has 1 aromatic heterocycles. The van der Waals surface area contributed by atoms with Crippen molar-refractivity contribution in [3.63, 3.8) is 0 Å². The van der Waals surface area contributed by atoms with Gasteiger partial charge < -0.3 is 9.30 Å². The van der Waals surface area contributed by atoms with Crippen LogP contribution in [0, 0.1) is 11.3 Å². The maximum atomic E-state index is 12.2. The van der Waals surface area contributed by atoms with Gasteiger partial charge in [0, 0.05) is 5.75 Å². The first-order chi connectivity index (χ1) is 15.2. The molecular formula is C25H21N3O2S. The Morgan fingerprint density at radius 3 is 2.65 bits per heavy atom. The third kappa shape index (κ3) is 4.62. The van der Waals surface area contributed by atoms with Crippen molar-refractivity contribution >= 4 is 28.8 Å². The predicted octanol–water partition coefficient (Wildman–Crippen LogP) is 5.43. The highest BCUT2D eigenvalue weighted by Crippen LogP contribution is 2.29. The van der Waals surface area contributed by atoms with E-state index >= 15 is 0 Å². The molecule has 1 heterocycles. The lowest BCUT2D eigenvalue weighted by Crippen LogP contribution is -2.04. The average Bonchev–Trinajstić information content (AvgIpc) is 3.15. The summed E-state index contributed by atoms with van der Waals surface area (Å²) in [5.74, 6) is 0.284. The van der Waals surface area contributed by atoms with E-state index in [0.717, 1.165) is 27.3 Å². The van der Waals surface area contributed by atoms with Crippen molar-refractivity contribution in [2.75, 3.05) is 6.61 Å². The number of carbonyl (C=O) groups is 1. The predicted molar refractivity (Wildman–Crippen MR) is 122 cm³/mol. The lowest BCUT2D eigenvalue weighted by molar-refractivity contribution is 0.0526. The number of hydrogen-bond acceptors (Lipinski definition) is 5. The molecule has 4 aromatic rings. The molecule has 0 N–H and O–H groups in total. The quantitative estimate of drug-likeness (QED) is 0.291. The molecule has 0 bridgehead atoms. The van der Waals surface area contributed by atoms with Gasteiger partial charge in [0.05, 0.1) is 41.4 Å². The van der Waals surface area contributed by atoms with Crippen molar-refractivity contribution in [3.05, 3.63) is 95.1 Å². The monoisotopic (exact) mass is 427 g/mol. The van der Waals surface area contributed by atoms with Crippen molar-refractivity contribution < 1.29 is 9.53 Å². The first kappa shape index (κ1) is 20.7. The Balaban J connectivity index is 1.71. The van der Waals surface area contributed by atoms with Crippen LogP contribution in [0.5, 0.6) is 0 Å². The molecule has 0 radical (unpaired) electrons. The number of ether oxygens (including phenoxy) is 1. The largest absolute Gasteiger partial charge is 0.462 e. The molecular weight excluding hydrogens is 406 g/mol. The fraction of sp³-hybridized carbons (Fsp3) is 0.160. The van der Waals surface area contributed by atoms with Crippen LogP contribution in [0.1, 0.15) is 34.0 Å². The fourth-order valence-corrected chi connectivity index (χ4v) is 4.39. The van der Waals surface area contributed by atoms with Gasteiger partial charge in [-0.25, -0.2) is 9.78 Å². The topological polar surface area (TPSA) is 67.9 Å². The molecule has 0 spiro atoms.